The second kappa shape index (κ2) is 8.04. The van der Waals surface area contributed by atoms with Crippen molar-refractivity contribution in [3.63, 3.8) is 0 Å². The van der Waals surface area contributed by atoms with Gasteiger partial charge in [0.25, 0.3) is 11.8 Å². The van der Waals surface area contributed by atoms with E-state index in [1.807, 2.05) is 36.4 Å². The summed E-state index contributed by atoms with van der Waals surface area (Å²) in [5.74, 6) is -1.05. The third-order valence-electron chi connectivity index (χ3n) is 4.62. The summed E-state index contributed by atoms with van der Waals surface area (Å²) in [6.45, 7) is 1.64. The minimum atomic E-state index is -0.924. The number of rotatable bonds is 4. The van der Waals surface area contributed by atoms with Crippen LogP contribution in [0.25, 0.3) is 11.1 Å². The maximum atomic E-state index is 12.6. The van der Waals surface area contributed by atoms with Gasteiger partial charge < -0.3 is 5.73 Å². The van der Waals surface area contributed by atoms with E-state index in [0.717, 1.165) is 16.1 Å². The summed E-state index contributed by atoms with van der Waals surface area (Å²) in [6, 6.07) is 17.1. The fourth-order valence-electron chi connectivity index (χ4n) is 2.97. The third-order valence-corrected chi connectivity index (χ3v) is 4.62. The topological polar surface area (TPSA) is 113 Å². The molecule has 1 aromatic heterocycles. The maximum Gasteiger partial charge on any atom is 0.282 e. The van der Waals surface area contributed by atoms with Crippen molar-refractivity contribution in [2.75, 3.05) is 5.73 Å². The SMILES string of the molecule is CC1=NN(C(=O)c2ccncc2)C(=O)C1N=Nc1ccc(-c2ccc(N)cc2)cc1. The zero-order chi connectivity index (χ0) is 21.1. The van der Waals surface area contributed by atoms with Gasteiger partial charge in [-0.1, -0.05) is 24.3 Å². The standard InChI is InChI=1S/C22H18N6O2/c1-14-20(22(30)28(27-14)21(29)17-10-12-24-13-11-17)26-25-19-8-4-16(5-9-19)15-2-6-18(23)7-3-15/h2-13,20H,23H2,1H3. The summed E-state index contributed by atoms with van der Waals surface area (Å²) in [6.07, 6.45) is 2.96. The number of carbonyl (C=O) groups is 2. The van der Waals surface area contributed by atoms with Crippen LogP contribution in [0.1, 0.15) is 17.3 Å². The highest BCUT2D eigenvalue weighted by atomic mass is 16.2. The predicted molar refractivity (Wildman–Crippen MR) is 113 cm³/mol. The number of azo groups is 1. The first-order valence-corrected chi connectivity index (χ1v) is 9.23. The van der Waals surface area contributed by atoms with Crippen LogP contribution < -0.4 is 5.73 Å². The summed E-state index contributed by atoms with van der Waals surface area (Å²) in [7, 11) is 0. The number of hydrazone groups is 1. The van der Waals surface area contributed by atoms with Gasteiger partial charge in [0.1, 0.15) is 0 Å². The van der Waals surface area contributed by atoms with Crippen LogP contribution in [0.4, 0.5) is 11.4 Å². The molecule has 1 aliphatic rings. The first-order chi connectivity index (χ1) is 14.5. The Labute approximate surface area is 172 Å². The highest BCUT2D eigenvalue weighted by Gasteiger charge is 2.38. The number of carbonyl (C=O) groups excluding carboxylic acids is 2. The monoisotopic (exact) mass is 398 g/mol. The van der Waals surface area contributed by atoms with E-state index in [9.17, 15) is 9.59 Å². The Kier molecular flexibility index (Phi) is 5.13. The molecule has 0 aliphatic carbocycles. The molecule has 3 aromatic rings. The average molecular weight is 398 g/mol. The zero-order valence-electron chi connectivity index (χ0n) is 16.1. The van der Waals surface area contributed by atoms with E-state index < -0.39 is 17.9 Å². The molecular weight excluding hydrogens is 380 g/mol. The molecule has 30 heavy (non-hydrogen) atoms. The lowest BCUT2D eigenvalue weighted by atomic mass is 10.1. The lowest BCUT2D eigenvalue weighted by molar-refractivity contribution is -0.127. The summed E-state index contributed by atoms with van der Waals surface area (Å²) < 4.78 is 0. The molecule has 1 aliphatic heterocycles. The number of benzene rings is 2. The van der Waals surface area contributed by atoms with Gasteiger partial charge in [0.05, 0.1) is 11.4 Å². The van der Waals surface area contributed by atoms with E-state index in [-0.39, 0.29) is 0 Å². The largest absolute Gasteiger partial charge is 0.399 e. The number of imide groups is 1. The molecule has 1 unspecified atom stereocenters. The molecule has 4 rings (SSSR count). The van der Waals surface area contributed by atoms with Gasteiger partial charge in [-0.05, 0) is 54.4 Å². The van der Waals surface area contributed by atoms with Crippen molar-refractivity contribution in [1.29, 1.82) is 0 Å². The van der Waals surface area contributed by atoms with Crippen molar-refractivity contribution in [2.24, 2.45) is 15.3 Å². The van der Waals surface area contributed by atoms with Gasteiger partial charge in [-0.3, -0.25) is 14.6 Å². The van der Waals surface area contributed by atoms with Crippen LogP contribution in [0.3, 0.4) is 0 Å². The van der Waals surface area contributed by atoms with E-state index >= 15 is 0 Å². The van der Waals surface area contributed by atoms with E-state index in [2.05, 4.69) is 20.3 Å². The smallest absolute Gasteiger partial charge is 0.282 e. The van der Waals surface area contributed by atoms with E-state index in [0.29, 0.717) is 22.6 Å². The van der Waals surface area contributed by atoms with Gasteiger partial charge in [0.15, 0.2) is 6.04 Å². The fraction of sp³-hybridized carbons (Fsp3) is 0.0909. The number of aromatic nitrogens is 1. The molecule has 0 radical (unpaired) electrons. The maximum absolute atomic E-state index is 12.6. The van der Waals surface area contributed by atoms with Gasteiger partial charge in [0, 0.05) is 23.6 Å². The molecule has 0 saturated carbocycles. The predicted octanol–water partition coefficient (Wildman–Crippen LogP) is 3.84. The molecule has 2 heterocycles. The molecule has 0 fully saturated rings. The number of hydrogen-bond donors (Lipinski definition) is 1. The highest BCUT2D eigenvalue weighted by molar-refractivity contribution is 6.18. The average Bonchev–Trinajstić information content (AvgIpc) is 3.06. The number of pyridine rings is 1. The number of nitrogens with two attached hydrogens (primary N) is 1. The van der Waals surface area contributed by atoms with Crippen molar-refractivity contribution < 1.29 is 9.59 Å². The van der Waals surface area contributed by atoms with Crippen LogP contribution in [-0.2, 0) is 4.79 Å². The van der Waals surface area contributed by atoms with Crippen molar-refractivity contribution in [1.82, 2.24) is 9.99 Å². The lowest BCUT2D eigenvalue weighted by Crippen LogP contribution is -2.34. The molecular formula is C22H18N6O2. The Morgan fingerprint density at radius 3 is 2.20 bits per heavy atom. The van der Waals surface area contributed by atoms with Gasteiger partial charge in [-0.15, -0.1) is 0 Å². The molecule has 2 aromatic carbocycles. The third kappa shape index (κ3) is 3.83. The van der Waals surface area contributed by atoms with E-state index in [1.54, 1.807) is 19.1 Å². The normalized spacial score (nSPS) is 16.2. The molecule has 8 nitrogen and oxygen atoms in total. The summed E-state index contributed by atoms with van der Waals surface area (Å²) in [5.41, 5.74) is 9.80. The number of nitrogens with zero attached hydrogens (tertiary/aromatic N) is 5. The number of hydrogen-bond acceptors (Lipinski definition) is 7. The number of amides is 2. The van der Waals surface area contributed by atoms with Crippen LogP contribution >= 0.6 is 0 Å². The molecule has 148 valence electrons. The summed E-state index contributed by atoms with van der Waals surface area (Å²) in [4.78, 5) is 29.0. The molecule has 0 spiro atoms. The molecule has 0 saturated heterocycles. The fourth-order valence-corrected chi connectivity index (χ4v) is 2.97. The second-order valence-electron chi connectivity index (χ2n) is 6.72. The first kappa shape index (κ1) is 19.1. The Morgan fingerprint density at radius 2 is 1.57 bits per heavy atom. The minimum absolute atomic E-state index is 0.325. The lowest BCUT2D eigenvalue weighted by Gasteiger charge is -2.10. The van der Waals surface area contributed by atoms with Crippen molar-refractivity contribution in [3.05, 3.63) is 78.6 Å². The Bertz CT molecular complexity index is 1140. The first-order valence-electron chi connectivity index (χ1n) is 9.23. The Hall–Kier alpha value is -4.20. The zero-order valence-corrected chi connectivity index (χ0v) is 16.1. The van der Waals surface area contributed by atoms with Crippen LogP contribution in [0, 0.1) is 0 Å². The van der Waals surface area contributed by atoms with Crippen LogP contribution in [0.15, 0.2) is 88.4 Å². The molecule has 2 N–H and O–H groups in total. The minimum Gasteiger partial charge on any atom is -0.399 e. The molecule has 0 bridgehead atoms. The van der Waals surface area contributed by atoms with Crippen LogP contribution in [0.5, 0.6) is 0 Å². The van der Waals surface area contributed by atoms with Crippen molar-refractivity contribution in [2.45, 2.75) is 13.0 Å². The van der Waals surface area contributed by atoms with E-state index in [1.165, 1.54) is 24.5 Å². The van der Waals surface area contributed by atoms with Crippen LogP contribution in [-0.4, -0.2) is 33.6 Å². The number of nitrogen functional groups attached to an aromatic ring is 1. The van der Waals surface area contributed by atoms with E-state index in [4.69, 9.17) is 5.73 Å². The summed E-state index contributed by atoms with van der Waals surface area (Å²) in [5, 5.41) is 13.2. The molecule has 8 heteroatoms. The molecule has 2 amide bonds. The van der Waals surface area contributed by atoms with Gasteiger partial charge in [0.2, 0.25) is 0 Å². The van der Waals surface area contributed by atoms with Gasteiger partial charge in [-0.25, -0.2) is 0 Å². The van der Waals surface area contributed by atoms with Crippen molar-refractivity contribution in [3.8, 4) is 11.1 Å². The van der Waals surface area contributed by atoms with Crippen molar-refractivity contribution >= 4 is 28.9 Å². The van der Waals surface area contributed by atoms with Gasteiger partial charge >= 0.3 is 0 Å². The second-order valence-corrected chi connectivity index (χ2v) is 6.72. The Balaban J connectivity index is 1.47. The highest BCUT2D eigenvalue weighted by Crippen LogP contribution is 2.24. The number of anilines is 1. The quantitative estimate of drug-likeness (QED) is 0.408. The van der Waals surface area contributed by atoms with Gasteiger partial charge in [-0.2, -0.15) is 20.3 Å². The molecule has 1 atom stereocenters. The summed E-state index contributed by atoms with van der Waals surface area (Å²) >= 11 is 0. The Morgan fingerprint density at radius 1 is 0.967 bits per heavy atom. The van der Waals surface area contributed by atoms with Crippen LogP contribution in [0.2, 0.25) is 0 Å².